The summed E-state index contributed by atoms with van der Waals surface area (Å²) in [6.07, 6.45) is 5.56. The van der Waals surface area contributed by atoms with E-state index in [1.807, 2.05) is 19.1 Å². The van der Waals surface area contributed by atoms with Gasteiger partial charge in [-0.1, -0.05) is 23.8 Å². The van der Waals surface area contributed by atoms with Crippen molar-refractivity contribution in [3.63, 3.8) is 0 Å². The monoisotopic (exact) mass is 386 g/mol. The molecule has 28 heavy (non-hydrogen) atoms. The maximum Gasteiger partial charge on any atom is 0.326 e. The number of aliphatic hydroxyl groups is 1. The molecule has 0 aromatic heterocycles. The Morgan fingerprint density at radius 1 is 1.25 bits per heavy atom. The quantitative estimate of drug-likeness (QED) is 0.668. The molecule has 7 heteroatoms. The van der Waals surface area contributed by atoms with Crippen LogP contribution in [0, 0.1) is 12.8 Å². The summed E-state index contributed by atoms with van der Waals surface area (Å²) in [4.78, 5) is 37.8. The molecule has 1 aromatic carbocycles. The number of nitrogens with zero attached hydrogens (tertiary/aromatic N) is 1. The molecule has 3 N–H and O–H groups in total. The fraction of sp³-hybridized carbons (Fsp3) is 0.381. The number of aryl methyl sites for hydroxylation is 1. The Kier molecular flexibility index (Phi) is 6.98. The Morgan fingerprint density at radius 2 is 1.89 bits per heavy atom. The summed E-state index contributed by atoms with van der Waals surface area (Å²) in [5.74, 6) is -1.95. The van der Waals surface area contributed by atoms with Crippen LogP contribution in [0.15, 0.2) is 48.3 Å². The lowest BCUT2D eigenvalue weighted by Crippen LogP contribution is -2.52. The second-order valence-electron chi connectivity index (χ2n) is 7.02. The van der Waals surface area contributed by atoms with Crippen LogP contribution in [-0.2, 0) is 14.4 Å². The van der Waals surface area contributed by atoms with Gasteiger partial charge in [0.15, 0.2) is 0 Å². The van der Waals surface area contributed by atoms with E-state index in [2.05, 4.69) is 5.32 Å². The molecule has 150 valence electrons. The van der Waals surface area contributed by atoms with E-state index in [4.69, 9.17) is 0 Å². The normalized spacial score (nSPS) is 18.0. The minimum absolute atomic E-state index is 0.103. The molecule has 3 atom stereocenters. The van der Waals surface area contributed by atoms with Gasteiger partial charge in [0.1, 0.15) is 17.8 Å². The van der Waals surface area contributed by atoms with Crippen LogP contribution in [-0.4, -0.2) is 40.1 Å². The highest BCUT2D eigenvalue weighted by molar-refractivity contribution is 6.00. The van der Waals surface area contributed by atoms with Crippen molar-refractivity contribution in [1.29, 1.82) is 0 Å². The van der Waals surface area contributed by atoms with Crippen molar-refractivity contribution in [2.24, 2.45) is 5.92 Å². The average Bonchev–Trinajstić information content (AvgIpc) is 2.64. The van der Waals surface area contributed by atoms with Crippen LogP contribution in [0.1, 0.15) is 32.3 Å². The number of benzene rings is 1. The predicted octanol–water partition coefficient (Wildman–Crippen LogP) is 2.71. The Morgan fingerprint density at radius 3 is 2.39 bits per heavy atom. The van der Waals surface area contributed by atoms with Crippen molar-refractivity contribution in [1.82, 2.24) is 5.32 Å². The number of carboxylic acid groups (broad SMARTS) is 1. The molecule has 7 nitrogen and oxygen atoms in total. The van der Waals surface area contributed by atoms with Crippen LogP contribution >= 0.6 is 0 Å². The van der Waals surface area contributed by atoms with Crippen LogP contribution < -0.4 is 10.2 Å². The SMILES string of the molecule is CC(=O)N(c1ccc(C)cc1)[C@@H](C)C(=O)N[C@@H](CC1C=CC(O)=CC1)C(=O)O. The minimum Gasteiger partial charge on any atom is -0.508 e. The third-order valence-electron chi connectivity index (χ3n) is 4.74. The molecule has 2 rings (SSSR count). The fourth-order valence-corrected chi connectivity index (χ4v) is 3.15. The zero-order valence-electron chi connectivity index (χ0n) is 16.3. The molecule has 0 radical (unpaired) electrons. The van der Waals surface area contributed by atoms with Gasteiger partial charge in [-0.2, -0.15) is 0 Å². The van der Waals surface area contributed by atoms with Crippen molar-refractivity contribution >= 4 is 23.5 Å². The number of nitrogens with one attached hydrogen (secondary N) is 1. The standard InChI is InChI=1S/C21H26N2O5/c1-13-4-8-17(9-5-13)23(15(3)24)14(2)20(26)22-19(21(27)28)12-16-6-10-18(25)11-7-16/h4-6,8-11,14,16,19,25H,7,12H2,1-3H3,(H,22,26)(H,27,28)/t14-,16?,19-/m0/s1. The topological polar surface area (TPSA) is 107 Å². The number of aliphatic hydroxyl groups excluding tert-OH is 1. The zero-order valence-corrected chi connectivity index (χ0v) is 16.3. The molecule has 1 aliphatic rings. The largest absolute Gasteiger partial charge is 0.508 e. The van der Waals surface area contributed by atoms with Gasteiger partial charge in [-0.25, -0.2) is 4.79 Å². The van der Waals surface area contributed by atoms with Gasteiger partial charge in [0, 0.05) is 12.6 Å². The fourth-order valence-electron chi connectivity index (χ4n) is 3.15. The Bertz CT molecular complexity index is 798. The maximum atomic E-state index is 12.7. The number of hydrogen-bond acceptors (Lipinski definition) is 4. The summed E-state index contributed by atoms with van der Waals surface area (Å²) in [5, 5.41) is 21.4. The van der Waals surface area contributed by atoms with Gasteiger partial charge >= 0.3 is 5.97 Å². The molecule has 0 spiro atoms. The van der Waals surface area contributed by atoms with Crippen LogP contribution in [0.3, 0.4) is 0 Å². The zero-order chi connectivity index (χ0) is 20.8. The third-order valence-corrected chi connectivity index (χ3v) is 4.74. The first-order valence-electron chi connectivity index (χ1n) is 9.16. The lowest BCUT2D eigenvalue weighted by atomic mass is 9.92. The molecular weight excluding hydrogens is 360 g/mol. The molecule has 1 aliphatic carbocycles. The van der Waals surface area contributed by atoms with Crippen molar-refractivity contribution in [2.45, 2.75) is 45.7 Å². The van der Waals surface area contributed by atoms with Gasteiger partial charge in [-0.05, 0) is 56.9 Å². The molecule has 1 unspecified atom stereocenters. The van der Waals surface area contributed by atoms with Gasteiger partial charge in [0.2, 0.25) is 11.8 Å². The summed E-state index contributed by atoms with van der Waals surface area (Å²) in [6.45, 7) is 4.85. The number of carbonyl (C=O) groups excluding carboxylic acids is 2. The number of amides is 2. The Hall–Kier alpha value is -3.09. The summed E-state index contributed by atoms with van der Waals surface area (Å²) in [7, 11) is 0. The number of rotatable bonds is 7. The van der Waals surface area contributed by atoms with Crippen molar-refractivity contribution < 1.29 is 24.6 Å². The number of aliphatic carboxylic acids is 1. The molecule has 0 saturated carbocycles. The van der Waals surface area contributed by atoms with E-state index in [1.54, 1.807) is 31.2 Å². The number of carbonyl (C=O) groups is 3. The Labute approximate surface area is 164 Å². The van der Waals surface area contributed by atoms with Crippen molar-refractivity contribution in [3.8, 4) is 0 Å². The smallest absolute Gasteiger partial charge is 0.326 e. The van der Waals surface area contributed by atoms with E-state index < -0.39 is 24.0 Å². The summed E-state index contributed by atoms with van der Waals surface area (Å²) in [5.41, 5.74) is 1.60. The highest BCUT2D eigenvalue weighted by atomic mass is 16.4. The van der Waals surface area contributed by atoms with E-state index in [1.165, 1.54) is 17.9 Å². The van der Waals surface area contributed by atoms with Crippen molar-refractivity contribution in [3.05, 3.63) is 53.8 Å². The molecule has 0 fully saturated rings. The molecule has 0 bridgehead atoms. The van der Waals surface area contributed by atoms with Gasteiger partial charge in [-0.15, -0.1) is 0 Å². The number of anilines is 1. The van der Waals surface area contributed by atoms with Gasteiger partial charge < -0.3 is 20.4 Å². The Balaban J connectivity index is 2.10. The lowest BCUT2D eigenvalue weighted by molar-refractivity contribution is -0.142. The van der Waals surface area contributed by atoms with Crippen molar-refractivity contribution in [2.75, 3.05) is 4.90 Å². The average molecular weight is 386 g/mol. The number of hydrogen-bond donors (Lipinski definition) is 3. The second kappa shape index (κ2) is 9.21. The van der Waals surface area contributed by atoms with E-state index in [0.717, 1.165) is 5.56 Å². The van der Waals surface area contributed by atoms with E-state index in [-0.39, 0.29) is 24.0 Å². The number of allylic oxidation sites excluding steroid dienone is 3. The lowest BCUT2D eigenvalue weighted by Gasteiger charge is -2.29. The highest BCUT2D eigenvalue weighted by Gasteiger charge is 2.30. The second-order valence-corrected chi connectivity index (χ2v) is 7.02. The molecule has 1 aromatic rings. The van der Waals surface area contributed by atoms with Crippen LogP contribution in [0.5, 0.6) is 0 Å². The first kappa shape index (κ1) is 21.2. The van der Waals surface area contributed by atoms with E-state index >= 15 is 0 Å². The summed E-state index contributed by atoms with van der Waals surface area (Å²) >= 11 is 0. The third kappa shape index (κ3) is 5.45. The molecule has 2 amide bonds. The molecule has 0 saturated heterocycles. The number of carboxylic acids is 1. The van der Waals surface area contributed by atoms with Gasteiger partial charge in [0.25, 0.3) is 0 Å². The van der Waals surface area contributed by atoms with E-state index in [9.17, 15) is 24.6 Å². The van der Waals surface area contributed by atoms with Crippen LogP contribution in [0.25, 0.3) is 0 Å². The predicted molar refractivity (Wildman–Crippen MR) is 106 cm³/mol. The highest BCUT2D eigenvalue weighted by Crippen LogP contribution is 2.21. The minimum atomic E-state index is -1.14. The first-order valence-corrected chi connectivity index (χ1v) is 9.16. The van der Waals surface area contributed by atoms with E-state index in [0.29, 0.717) is 12.1 Å². The maximum absolute atomic E-state index is 12.7. The summed E-state index contributed by atoms with van der Waals surface area (Å²) in [6, 6.07) is 5.22. The molecular formula is C21H26N2O5. The molecule has 0 aliphatic heterocycles. The molecule has 0 heterocycles. The summed E-state index contributed by atoms with van der Waals surface area (Å²) < 4.78 is 0. The van der Waals surface area contributed by atoms with Gasteiger partial charge in [-0.3, -0.25) is 9.59 Å². The van der Waals surface area contributed by atoms with Crippen LogP contribution in [0.4, 0.5) is 5.69 Å². The van der Waals surface area contributed by atoms with Crippen LogP contribution in [0.2, 0.25) is 0 Å². The first-order chi connectivity index (χ1) is 13.2. The van der Waals surface area contributed by atoms with Gasteiger partial charge in [0.05, 0.1) is 0 Å².